The summed E-state index contributed by atoms with van der Waals surface area (Å²) in [5.74, 6) is -0.173. The van der Waals surface area contributed by atoms with Crippen molar-refractivity contribution in [3.8, 4) is 0 Å². The van der Waals surface area contributed by atoms with E-state index in [1.165, 1.54) is 4.31 Å². The van der Waals surface area contributed by atoms with Crippen LogP contribution in [-0.2, 0) is 14.8 Å². The zero-order chi connectivity index (χ0) is 14.0. The van der Waals surface area contributed by atoms with Crippen LogP contribution in [0.15, 0.2) is 23.1 Å². The molecule has 5 heteroatoms. The summed E-state index contributed by atoms with van der Waals surface area (Å²) in [6.07, 6.45) is 2.39. The number of hydrogen-bond donors (Lipinski definition) is 0. The van der Waals surface area contributed by atoms with Crippen LogP contribution in [0.2, 0.25) is 0 Å². The van der Waals surface area contributed by atoms with Crippen LogP contribution in [0.1, 0.15) is 24.0 Å². The van der Waals surface area contributed by atoms with E-state index < -0.39 is 10.0 Å². The molecule has 1 heterocycles. The van der Waals surface area contributed by atoms with Crippen molar-refractivity contribution in [2.75, 3.05) is 13.1 Å². The summed E-state index contributed by atoms with van der Waals surface area (Å²) in [7, 11) is -3.48. The quantitative estimate of drug-likeness (QED) is 0.795. The molecular weight excluding hydrogens is 262 g/mol. The summed E-state index contributed by atoms with van der Waals surface area (Å²) < 4.78 is 26.7. The summed E-state index contributed by atoms with van der Waals surface area (Å²) in [6, 6.07) is 5.43. The van der Waals surface area contributed by atoms with E-state index in [2.05, 4.69) is 0 Å². The van der Waals surface area contributed by atoms with E-state index in [9.17, 15) is 13.2 Å². The van der Waals surface area contributed by atoms with Crippen molar-refractivity contribution in [1.82, 2.24) is 4.31 Å². The molecule has 0 aromatic heterocycles. The van der Waals surface area contributed by atoms with Crippen LogP contribution in [0.4, 0.5) is 0 Å². The smallest absolute Gasteiger partial charge is 0.243 e. The normalized spacial score (nSPS) is 21.3. The zero-order valence-corrected chi connectivity index (χ0v) is 12.1. The summed E-state index contributed by atoms with van der Waals surface area (Å²) >= 11 is 0. The number of aryl methyl sites for hydroxylation is 2. The Balaban J connectivity index is 2.36. The van der Waals surface area contributed by atoms with E-state index in [-0.39, 0.29) is 5.92 Å². The van der Waals surface area contributed by atoms with Gasteiger partial charge in [-0.15, -0.1) is 0 Å². The Kier molecular flexibility index (Phi) is 4.06. The topological polar surface area (TPSA) is 54.5 Å². The fraction of sp³-hybridized carbons (Fsp3) is 0.500. The zero-order valence-electron chi connectivity index (χ0n) is 11.3. The third-order valence-electron chi connectivity index (χ3n) is 3.57. The number of nitrogens with zero attached hydrogens (tertiary/aromatic N) is 1. The number of benzene rings is 1. The summed E-state index contributed by atoms with van der Waals surface area (Å²) in [4.78, 5) is 11.2. The van der Waals surface area contributed by atoms with Crippen molar-refractivity contribution in [1.29, 1.82) is 0 Å². The molecule has 0 radical (unpaired) electrons. The second-order valence-corrected chi connectivity index (χ2v) is 7.08. The number of hydrogen-bond acceptors (Lipinski definition) is 3. The molecule has 1 aliphatic heterocycles. The highest BCUT2D eigenvalue weighted by atomic mass is 32.2. The lowest BCUT2D eigenvalue weighted by molar-refractivity contribution is -0.112. The second kappa shape index (κ2) is 5.43. The molecule has 104 valence electrons. The summed E-state index contributed by atoms with van der Waals surface area (Å²) in [5, 5.41) is 0. The first kappa shape index (κ1) is 14.2. The Labute approximate surface area is 114 Å². The van der Waals surface area contributed by atoms with Crippen LogP contribution in [0.5, 0.6) is 0 Å². The molecule has 0 aliphatic carbocycles. The second-order valence-electron chi connectivity index (χ2n) is 5.17. The molecule has 4 nitrogen and oxygen atoms in total. The Morgan fingerprint density at radius 3 is 2.74 bits per heavy atom. The molecule has 1 aliphatic rings. The van der Waals surface area contributed by atoms with Crippen molar-refractivity contribution in [3.63, 3.8) is 0 Å². The van der Waals surface area contributed by atoms with E-state index in [4.69, 9.17) is 0 Å². The Bertz CT molecular complexity index is 580. The van der Waals surface area contributed by atoms with Gasteiger partial charge in [-0.3, -0.25) is 0 Å². The van der Waals surface area contributed by atoms with Crippen LogP contribution >= 0.6 is 0 Å². The van der Waals surface area contributed by atoms with Crippen molar-refractivity contribution >= 4 is 16.3 Å². The maximum atomic E-state index is 12.6. The third-order valence-corrected chi connectivity index (χ3v) is 5.58. The van der Waals surface area contributed by atoms with Gasteiger partial charge in [0.15, 0.2) is 0 Å². The number of sulfonamides is 1. The number of piperidine rings is 1. The van der Waals surface area contributed by atoms with Gasteiger partial charge in [0.05, 0.1) is 4.90 Å². The predicted molar refractivity (Wildman–Crippen MR) is 73.5 cm³/mol. The van der Waals surface area contributed by atoms with Crippen LogP contribution in [-0.4, -0.2) is 32.1 Å². The standard InChI is InChI=1S/C14H19NO3S/c1-11-5-6-12(2)14(8-11)19(17,18)15-7-3-4-13(9-15)10-16/h5-6,8,10,13H,3-4,7,9H2,1-2H3. The SMILES string of the molecule is Cc1ccc(C)c(S(=O)(=O)N2CCCC(C=O)C2)c1. The first-order valence-electron chi connectivity index (χ1n) is 6.48. The van der Waals surface area contributed by atoms with Crippen LogP contribution in [0.25, 0.3) is 0 Å². The number of rotatable bonds is 3. The Morgan fingerprint density at radius 1 is 1.32 bits per heavy atom. The molecule has 0 N–H and O–H groups in total. The number of aldehydes is 1. The first-order valence-corrected chi connectivity index (χ1v) is 7.92. The lowest BCUT2D eigenvalue weighted by Gasteiger charge is -2.29. The van der Waals surface area contributed by atoms with Gasteiger partial charge in [0, 0.05) is 19.0 Å². The molecule has 0 amide bonds. The highest BCUT2D eigenvalue weighted by Gasteiger charge is 2.30. The highest BCUT2D eigenvalue weighted by molar-refractivity contribution is 7.89. The van der Waals surface area contributed by atoms with E-state index >= 15 is 0 Å². The molecule has 0 spiro atoms. The first-order chi connectivity index (χ1) is 8.95. The van der Waals surface area contributed by atoms with Crippen LogP contribution in [0.3, 0.4) is 0 Å². The van der Waals surface area contributed by atoms with Gasteiger partial charge in [-0.25, -0.2) is 8.42 Å². The van der Waals surface area contributed by atoms with Gasteiger partial charge in [0.1, 0.15) is 6.29 Å². The fourth-order valence-corrected chi connectivity index (χ4v) is 4.27. The highest BCUT2D eigenvalue weighted by Crippen LogP contribution is 2.25. The maximum Gasteiger partial charge on any atom is 0.243 e. The largest absolute Gasteiger partial charge is 0.303 e. The maximum absolute atomic E-state index is 12.6. The van der Waals surface area contributed by atoms with E-state index in [1.807, 2.05) is 19.1 Å². The van der Waals surface area contributed by atoms with Gasteiger partial charge in [0.2, 0.25) is 10.0 Å². The molecule has 0 bridgehead atoms. The van der Waals surface area contributed by atoms with Crippen molar-refractivity contribution in [3.05, 3.63) is 29.3 Å². The van der Waals surface area contributed by atoms with E-state index in [0.29, 0.717) is 18.0 Å². The minimum atomic E-state index is -3.48. The van der Waals surface area contributed by atoms with Gasteiger partial charge in [-0.2, -0.15) is 4.31 Å². The van der Waals surface area contributed by atoms with Crippen LogP contribution < -0.4 is 0 Å². The van der Waals surface area contributed by atoms with Gasteiger partial charge in [-0.1, -0.05) is 12.1 Å². The molecule has 1 atom stereocenters. The molecule has 1 aromatic carbocycles. The fourth-order valence-electron chi connectivity index (χ4n) is 2.43. The van der Waals surface area contributed by atoms with Gasteiger partial charge >= 0.3 is 0 Å². The monoisotopic (exact) mass is 281 g/mol. The number of carbonyl (C=O) groups is 1. The minimum Gasteiger partial charge on any atom is -0.303 e. The molecular formula is C14H19NO3S. The molecule has 1 unspecified atom stereocenters. The predicted octanol–water partition coefficient (Wildman–Crippen LogP) is 1.90. The van der Waals surface area contributed by atoms with Gasteiger partial charge in [0.25, 0.3) is 0 Å². The number of carbonyl (C=O) groups excluding carboxylic acids is 1. The van der Waals surface area contributed by atoms with Crippen molar-refractivity contribution in [2.24, 2.45) is 5.92 Å². The molecule has 2 rings (SSSR count). The van der Waals surface area contributed by atoms with E-state index in [1.54, 1.807) is 13.0 Å². The van der Waals surface area contributed by atoms with Gasteiger partial charge < -0.3 is 4.79 Å². The average Bonchev–Trinajstić information content (AvgIpc) is 2.41. The van der Waals surface area contributed by atoms with Crippen molar-refractivity contribution in [2.45, 2.75) is 31.6 Å². The van der Waals surface area contributed by atoms with Crippen molar-refractivity contribution < 1.29 is 13.2 Å². The lowest BCUT2D eigenvalue weighted by Crippen LogP contribution is -2.40. The molecule has 1 saturated heterocycles. The Hall–Kier alpha value is -1.20. The summed E-state index contributed by atoms with van der Waals surface area (Å²) in [6.45, 7) is 4.48. The average molecular weight is 281 g/mol. The molecule has 1 aromatic rings. The van der Waals surface area contributed by atoms with Crippen LogP contribution in [0, 0.1) is 19.8 Å². The summed E-state index contributed by atoms with van der Waals surface area (Å²) in [5.41, 5.74) is 1.67. The molecule has 19 heavy (non-hydrogen) atoms. The van der Waals surface area contributed by atoms with Gasteiger partial charge in [-0.05, 0) is 43.9 Å². The Morgan fingerprint density at radius 2 is 2.05 bits per heavy atom. The third kappa shape index (κ3) is 2.87. The minimum absolute atomic E-state index is 0.173. The van der Waals surface area contributed by atoms with E-state index in [0.717, 1.165) is 30.3 Å². The lowest BCUT2D eigenvalue weighted by atomic mass is 10.0. The molecule has 0 saturated carbocycles. The molecule has 1 fully saturated rings.